The van der Waals surface area contributed by atoms with E-state index in [1.807, 2.05) is 23.1 Å². The number of ether oxygens (including phenoxy) is 1. The molecule has 1 aliphatic rings. The van der Waals surface area contributed by atoms with Crippen LogP contribution in [0.2, 0.25) is 0 Å². The van der Waals surface area contributed by atoms with Gasteiger partial charge in [0, 0.05) is 39.6 Å². The minimum atomic E-state index is 0. The van der Waals surface area contributed by atoms with Crippen LogP contribution < -0.4 is 10.6 Å². The fraction of sp³-hybridized carbons (Fsp3) is 0.440. The van der Waals surface area contributed by atoms with E-state index in [9.17, 15) is 4.79 Å². The maximum Gasteiger partial charge on any atom is 0.222 e. The minimum absolute atomic E-state index is 0. The molecule has 0 aliphatic carbocycles. The van der Waals surface area contributed by atoms with Crippen molar-refractivity contribution in [1.29, 1.82) is 0 Å². The molecule has 2 N–H and O–H groups in total. The summed E-state index contributed by atoms with van der Waals surface area (Å²) >= 11 is 0. The molecule has 0 aromatic heterocycles. The number of rotatable bonds is 10. The van der Waals surface area contributed by atoms with E-state index in [1.54, 1.807) is 7.05 Å². The maximum absolute atomic E-state index is 11.9. The Balaban J connectivity index is 0.00000363. The summed E-state index contributed by atoms with van der Waals surface area (Å²) in [4.78, 5) is 18.1. The van der Waals surface area contributed by atoms with Crippen molar-refractivity contribution >= 4 is 35.8 Å². The second kappa shape index (κ2) is 14.1. The summed E-state index contributed by atoms with van der Waals surface area (Å²) < 4.78 is 5.82. The third-order valence-electron chi connectivity index (χ3n) is 5.35. The molecule has 1 unspecified atom stereocenters. The number of likely N-dealkylation sites (tertiary alicyclic amines) is 1. The fourth-order valence-electron chi connectivity index (χ4n) is 3.62. The summed E-state index contributed by atoms with van der Waals surface area (Å²) in [5, 5.41) is 6.74. The molecule has 3 rings (SSSR count). The molecule has 1 aliphatic heterocycles. The zero-order valence-electron chi connectivity index (χ0n) is 19.0. The van der Waals surface area contributed by atoms with E-state index in [0.29, 0.717) is 38.6 Å². The van der Waals surface area contributed by atoms with Crippen molar-refractivity contribution in [3.8, 4) is 0 Å². The number of hydrogen-bond donors (Lipinski definition) is 2. The lowest BCUT2D eigenvalue weighted by Crippen LogP contribution is -2.39. The van der Waals surface area contributed by atoms with Gasteiger partial charge in [-0.05, 0) is 29.0 Å². The molecule has 32 heavy (non-hydrogen) atoms. The summed E-state index contributed by atoms with van der Waals surface area (Å²) in [6.07, 6.45) is 1.65. The van der Waals surface area contributed by atoms with Crippen LogP contribution in [0, 0.1) is 5.92 Å². The summed E-state index contributed by atoms with van der Waals surface area (Å²) in [5.41, 5.74) is 3.53. The summed E-state index contributed by atoms with van der Waals surface area (Å²) in [6.45, 7) is 6.51. The quantitative estimate of drug-likeness (QED) is 0.267. The zero-order chi connectivity index (χ0) is 21.9. The first kappa shape index (κ1) is 26.1. The monoisotopic (exact) mass is 550 g/mol. The van der Waals surface area contributed by atoms with Gasteiger partial charge in [-0.1, -0.05) is 61.5 Å². The maximum atomic E-state index is 11.9. The SMILES string of the molecule is CN=C(NCc1cccc(CN2CCCC2=O)c1)NCC(C)COCc1ccccc1.I. The van der Waals surface area contributed by atoms with Gasteiger partial charge in [0.05, 0.1) is 13.2 Å². The molecule has 1 atom stereocenters. The van der Waals surface area contributed by atoms with Gasteiger partial charge in [0.2, 0.25) is 5.91 Å². The molecular formula is C25H35IN4O2. The highest BCUT2D eigenvalue weighted by atomic mass is 127. The van der Waals surface area contributed by atoms with Crippen LogP contribution in [0.4, 0.5) is 0 Å². The standard InChI is InChI=1S/C25H34N4O2.HI/c1-20(18-31-19-21-8-4-3-5-9-21)15-27-25(26-2)28-16-22-10-6-11-23(14-22)17-29-13-7-12-24(29)30;/h3-6,8-11,14,20H,7,12-13,15-19H2,1-2H3,(H2,26,27,28);1H. The molecule has 2 aromatic rings. The van der Waals surface area contributed by atoms with Crippen LogP contribution in [0.5, 0.6) is 0 Å². The van der Waals surface area contributed by atoms with Gasteiger partial charge in [0.25, 0.3) is 0 Å². The van der Waals surface area contributed by atoms with E-state index in [0.717, 1.165) is 25.5 Å². The number of carbonyl (C=O) groups is 1. The topological polar surface area (TPSA) is 66.0 Å². The predicted octanol–water partition coefficient (Wildman–Crippen LogP) is 3.94. The molecule has 0 radical (unpaired) electrons. The van der Waals surface area contributed by atoms with Crippen LogP contribution in [0.15, 0.2) is 59.6 Å². The molecule has 0 spiro atoms. The molecule has 1 heterocycles. The van der Waals surface area contributed by atoms with E-state index < -0.39 is 0 Å². The predicted molar refractivity (Wildman–Crippen MR) is 140 cm³/mol. The minimum Gasteiger partial charge on any atom is -0.376 e. The Morgan fingerprint density at radius 2 is 1.84 bits per heavy atom. The molecule has 7 heteroatoms. The van der Waals surface area contributed by atoms with Crippen LogP contribution in [0.1, 0.15) is 36.5 Å². The van der Waals surface area contributed by atoms with E-state index in [2.05, 4.69) is 58.9 Å². The molecule has 6 nitrogen and oxygen atoms in total. The van der Waals surface area contributed by atoms with Gasteiger partial charge in [-0.25, -0.2) is 0 Å². The molecule has 0 saturated carbocycles. The first-order chi connectivity index (χ1) is 15.1. The number of amides is 1. The Labute approximate surface area is 208 Å². The Hall–Kier alpha value is -2.13. The second-order valence-electron chi connectivity index (χ2n) is 8.15. The summed E-state index contributed by atoms with van der Waals surface area (Å²) in [7, 11) is 1.78. The first-order valence-corrected chi connectivity index (χ1v) is 11.1. The molecule has 1 amide bonds. The molecule has 0 bridgehead atoms. The lowest BCUT2D eigenvalue weighted by molar-refractivity contribution is -0.128. The molecule has 174 valence electrons. The number of nitrogens with zero attached hydrogens (tertiary/aromatic N) is 2. The number of halogens is 1. The fourth-order valence-corrected chi connectivity index (χ4v) is 3.62. The molecule has 1 saturated heterocycles. The van der Waals surface area contributed by atoms with Crippen molar-refractivity contribution in [2.24, 2.45) is 10.9 Å². The Morgan fingerprint density at radius 3 is 2.56 bits per heavy atom. The van der Waals surface area contributed by atoms with Crippen LogP contribution in [0.3, 0.4) is 0 Å². The highest BCUT2D eigenvalue weighted by Gasteiger charge is 2.19. The molecule has 1 fully saturated rings. The second-order valence-corrected chi connectivity index (χ2v) is 8.15. The Kier molecular flexibility index (Phi) is 11.5. The summed E-state index contributed by atoms with van der Waals surface area (Å²) in [5.74, 6) is 1.40. The summed E-state index contributed by atoms with van der Waals surface area (Å²) in [6, 6.07) is 18.6. The smallest absolute Gasteiger partial charge is 0.222 e. The van der Waals surface area contributed by atoms with Gasteiger partial charge >= 0.3 is 0 Å². The zero-order valence-corrected chi connectivity index (χ0v) is 21.4. The number of hydrogen-bond acceptors (Lipinski definition) is 3. The largest absolute Gasteiger partial charge is 0.376 e. The van der Waals surface area contributed by atoms with E-state index in [1.165, 1.54) is 16.7 Å². The van der Waals surface area contributed by atoms with Gasteiger partial charge < -0.3 is 20.3 Å². The third kappa shape index (κ3) is 8.78. The normalized spacial score (nSPS) is 14.8. The number of guanidine groups is 1. The lowest BCUT2D eigenvalue weighted by atomic mass is 10.1. The van der Waals surface area contributed by atoms with Crippen LogP contribution in [-0.2, 0) is 29.2 Å². The number of benzene rings is 2. The van der Waals surface area contributed by atoms with Gasteiger partial charge in [-0.2, -0.15) is 0 Å². The Morgan fingerprint density at radius 1 is 1.09 bits per heavy atom. The van der Waals surface area contributed by atoms with E-state index in [-0.39, 0.29) is 29.9 Å². The van der Waals surface area contributed by atoms with Gasteiger partial charge in [0.1, 0.15) is 0 Å². The number of carbonyl (C=O) groups excluding carboxylic acids is 1. The first-order valence-electron chi connectivity index (χ1n) is 11.1. The van der Waals surface area contributed by atoms with Gasteiger partial charge in [-0.15, -0.1) is 24.0 Å². The highest BCUT2D eigenvalue weighted by Crippen LogP contribution is 2.15. The van der Waals surface area contributed by atoms with Crippen molar-refractivity contribution in [2.45, 2.75) is 39.5 Å². The third-order valence-corrected chi connectivity index (χ3v) is 5.35. The van der Waals surface area contributed by atoms with Crippen molar-refractivity contribution in [3.05, 3.63) is 71.3 Å². The van der Waals surface area contributed by atoms with Gasteiger partial charge in [-0.3, -0.25) is 9.79 Å². The van der Waals surface area contributed by atoms with E-state index in [4.69, 9.17) is 4.74 Å². The highest BCUT2D eigenvalue weighted by molar-refractivity contribution is 14.0. The van der Waals surface area contributed by atoms with Crippen LogP contribution in [-0.4, -0.2) is 43.5 Å². The molecule has 2 aromatic carbocycles. The van der Waals surface area contributed by atoms with Crippen molar-refractivity contribution in [1.82, 2.24) is 15.5 Å². The number of aliphatic imine (C=N–C) groups is 1. The average Bonchev–Trinajstić information content (AvgIpc) is 3.19. The average molecular weight is 550 g/mol. The van der Waals surface area contributed by atoms with Crippen molar-refractivity contribution < 1.29 is 9.53 Å². The van der Waals surface area contributed by atoms with Crippen molar-refractivity contribution in [2.75, 3.05) is 26.7 Å². The van der Waals surface area contributed by atoms with Crippen molar-refractivity contribution in [3.63, 3.8) is 0 Å². The Bertz CT molecular complexity index is 860. The van der Waals surface area contributed by atoms with Crippen LogP contribution >= 0.6 is 24.0 Å². The van der Waals surface area contributed by atoms with E-state index >= 15 is 0 Å². The van der Waals surface area contributed by atoms with Gasteiger partial charge in [0.15, 0.2) is 5.96 Å². The lowest BCUT2D eigenvalue weighted by Gasteiger charge is -2.17. The molecular weight excluding hydrogens is 515 g/mol. The van der Waals surface area contributed by atoms with Crippen LogP contribution in [0.25, 0.3) is 0 Å². The number of nitrogens with one attached hydrogen (secondary N) is 2.